The van der Waals surface area contributed by atoms with E-state index >= 15 is 0 Å². The summed E-state index contributed by atoms with van der Waals surface area (Å²) in [6, 6.07) is 6.00. The molecule has 0 fully saturated rings. The lowest BCUT2D eigenvalue weighted by Crippen LogP contribution is -2.05. The molecule has 0 amide bonds. The first kappa shape index (κ1) is 7.00. The number of rotatable bonds is 0. The smallest absolute Gasteiger partial charge is 0.164 e. The molecule has 1 aliphatic carbocycles. The van der Waals surface area contributed by atoms with E-state index in [1.807, 2.05) is 18.2 Å². The van der Waals surface area contributed by atoms with E-state index in [0.29, 0.717) is 12.2 Å². The van der Waals surface area contributed by atoms with Gasteiger partial charge in [-0.2, -0.15) is 0 Å². The molecule has 1 aromatic rings. The molecule has 1 aliphatic rings. The molecule has 0 saturated carbocycles. The van der Waals surface area contributed by atoms with E-state index in [1.165, 1.54) is 5.56 Å². The van der Waals surface area contributed by atoms with Crippen LogP contribution in [0.15, 0.2) is 18.2 Å². The molecule has 0 spiro atoms. The second-order valence-electron chi connectivity index (χ2n) is 2.80. The fourth-order valence-electron chi connectivity index (χ4n) is 1.54. The number of fused-ring (bicyclic) bond motifs is 1. The molecule has 0 aliphatic heterocycles. The average molecular weight is 164 g/mol. The van der Waals surface area contributed by atoms with Crippen molar-refractivity contribution in [1.82, 2.24) is 0 Å². The number of ketones is 1. The Morgan fingerprint density at radius 3 is 2.82 bits per heavy atom. The van der Waals surface area contributed by atoms with Gasteiger partial charge in [0.15, 0.2) is 5.78 Å². The van der Waals surface area contributed by atoms with E-state index < -0.39 is 0 Å². The predicted molar refractivity (Wildman–Crippen MR) is 48.4 cm³/mol. The SMILES string of the molecule is O=C1CCc2cccc(P)c21. The summed E-state index contributed by atoms with van der Waals surface area (Å²) in [5.41, 5.74) is 2.15. The van der Waals surface area contributed by atoms with Crippen LogP contribution in [0.25, 0.3) is 0 Å². The maximum absolute atomic E-state index is 11.3. The lowest BCUT2D eigenvalue weighted by Gasteiger charge is -1.99. The van der Waals surface area contributed by atoms with E-state index in [2.05, 4.69) is 9.24 Å². The van der Waals surface area contributed by atoms with Crippen LogP contribution in [0, 0.1) is 0 Å². The van der Waals surface area contributed by atoms with Crippen molar-refractivity contribution in [2.24, 2.45) is 0 Å². The van der Waals surface area contributed by atoms with Crippen LogP contribution in [0.1, 0.15) is 22.3 Å². The number of carbonyl (C=O) groups excluding carboxylic acids is 1. The van der Waals surface area contributed by atoms with E-state index in [9.17, 15) is 4.79 Å². The van der Waals surface area contributed by atoms with Gasteiger partial charge >= 0.3 is 0 Å². The molecule has 0 aromatic heterocycles. The molecule has 0 bridgehead atoms. The molecule has 1 aromatic carbocycles. The zero-order valence-electron chi connectivity index (χ0n) is 6.13. The minimum absolute atomic E-state index is 0.297. The van der Waals surface area contributed by atoms with Crippen LogP contribution in [0.3, 0.4) is 0 Å². The topological polar surface area (TPSA) is 17.1 Å². The van der Waals surface area contributed by atoms with Gasteiger partial charge in [-0.25, -0.2) is 0 Å². The van der Waals surface area contributed by atoms with Crippen molar-refractivity contribution in [3.63, 3.8) is 0 Å². The molecular formula is C9H9OP. The Bertz CT molecular complexity index is 317. The second-order valence-corrected chi connectivity index (χ2v) is 3.43. The Kier molecular flexibility index (Phi) is 1.54. The average Bonchev–Trinajstić information content (AvgIpc) is 2.34. The summed E-state index contributed by atoms with van der Waals surface area (Å²) in [5, 5.41) is 1.05. The number of hydrogen-bond acceptors (Lipinski definition) is 1. The van der Waals surface area contributed by atoms with Crippen molar-refractivity contribution in [3.8, 4) is 0 Å². The van der Waals surface area contributed by atoms with Crippen LogP contribution in [0.5, 0.6) is 0 Å². The standard InChI is InChI=1S/C9H9OP/c10-7-5-4-6-2-1-3-8(11)9(6)7/h1-3H,4-5,11H2. The molecule has 0 saturated heterocycles. The highest BCUT2D eigenvalue weighted by atomic mass is 31.0. The van der Waals surface area contributed by atoms with Gasteiger partial charge in [0.1, 0.15) is 0 Å². The molecule has 1 nitrogen and oxygen atoms in total. The van der Waals surface area contributed by atoms with Gasteiger partial charge in [-0.1, -0.05) is 18.2 Å². The third kappa shape index (κ3) is 1.00. The minimum Gasteiger partial charge on any atom is -0.294 e. The molecule has 0 heterocycles. The number of carbonyl (C=O) groups is 1. The fourth-order valence-corrected chi connectivity index (χ4v) is 2.00. The molecule has 2 heteroatoms. The summed E-state index contributed by atoms with van der Waals surface area (Å²) < 4.78 is 0. The fraction of sp³-hybridized carbons (Fsp3) is 0.222. The summed E-state index contributed by atoms with van der Waals surface area (Å²) >= 11 is 0. The highest BCUT2D eigenvalue weighted by molar-refractivity contribution is 7.27. The largest absolute Gasteiger partial charge is 0.294 e. The molecule has 2 rings (SSSR count). The minimum atomic E-state index is 0.297. The van der Waals surface area contributed by atoms with Gasteiger partial charge in [0.2, 0.25) is 0 Å². The first-order valence-corrected chi connectivity index (χ1v) is 4.27. The van der Waals surface area contributed by atoms with Gasteiger partial charge < -0.3 is 0 Å². The molecule has 1 atom stereocenters. The zero-order chi connectivity index (χ0) is 7.84. The number of hydrogen-bond donors (Lipinski definition) is 0. The van der Waals surface area contributed by atoms with Crippen LogP contribution in [-0.4, -0.2) is 5.78 Å². The monoisotopic (exact) mass is 164 g/mol. The summed E-state index contributed by atoms with van der Waals surface area (Å²) in [7, 11) is 2.61. The van der Waals surface area contributed by atoms with Crippen LogP contribution < -0.4 is 5.30 Å². The number of aryl methyl sites for hydroxylation is 1. The maximum atomic E-state index is 11.3. The Balaban J connectivity index is 2.68. The van der Waals surface area contributed by atoms with Gasteiger partial charge in [0.25, 0.3) is 0 Å². The van der Waals surface area contributed by atoms with Gasteiger partial charge in [0.05, 0.1) is 0 Å². The Morgan fingerprint density at radius 2 is 2.09 bits per heavy atom. The Hall–Kier alpha value is -0.680. The van der Waals surface area contributed by atoms with Gasteiger partial charge in [-0.3, -0.25) is 4.79 Å². The Morgan fingerprint density at radius 1 is 1.27 bits per heavy atom. The van der Waals surface area contributed by atoms with Crippen LogP contribution in [-0.2, 0) is 6.42 Å². The third-order valence-electron chi connectivity index (χ3n) is 2.08. The summed E-state index contributed by atoms with van der Waals surface area (Å²) in [6.07, 6.45) is 1.62. The highest BCUT2D eigenvalue weighted by Gasteiger charge is 2.20. The summed E-state index contributed by atoms with van der Waals surface area (Å²) in [5.74, 6) is 0.297. The summed E-state index contributed by atoms with van der Waals surface area (Å²) in [6.45, 7) is 0. The van der Waals surface area contributed by atoms with Gasteiger partial charge in [0, 0.05) is 12.0 Å². The molecule has 56 valence electrons. The van der Waals surface area contributed by atoms with E-state index in [1.54, 1.807) is 0 Å². The maximum Gasteiger partial charge on any atom is 0.164 e. The van der Waals surface area contributed by atoms with Crippen LogP contribution in [0.2, 0.25) is 0 Å². The lowest BCUT2D eigenvalue weighted by molar-refractivity contribution is 0.0995. The van der Waals surface area contributed by atoms with Crippen LogP contribution in [0.4, 0.5) is 0 Å². The van der Waals surface area contributed by atoms with Crippen molar-refractivity contribution >= 4 is 20.3 Å². The quantitative estimate of drug-likeness (QED) is 0.528. The highest BCUT2D eigenvalue weighted by Crippen LogP contribution is 2.20. The van der Waals surface area contributed by atoms with E-state index in [0.717, 1.165) is 17.3 Å². The second kappa shape index (κ2) is 2.42. The number of Topliss-reactive ketones (excluding diaryl/α,β-unsaturated/α-hetero) is 1. The van der Waals surface area contributed by atoms with Crippen molar-refractivity contribution in [1.29, 1.82) is 0 Å². The number of benzene rings is 1. The van der Waals surface area contributed by atoms with Crippen molar-refractivity contribution < 1.29 is 4.79 Å². The molecule has 0 N–H and O–H groups in total. The normalized spacial score (nSPS) is 15.2. The van der Waals surface area contributed by atoms with Gasteiger partial charge in [-0.05, 0) is 17.3 Å². The summed E-state index contributed by atoms with van der Waals surface area (Å²) in [4.78, 5) is 11.3. The third-order valence-corrected chi connectivity index (χ3v) is 2.56. The van der Waals surface area contributed by atoms with Crippen LogP contribution >= 0.6 is 9.24 Å². The predicted octanol–water partition coefficient (Wildman–Crippen LogP) is 1.32. The zero-order valence-corrected chi connectivity index (χ0v) is 7.29. The van der Waals surface area contributed by atoms with Gasteiger partial charge in [-0.15, -0.1) is 9.24 Å². The van der Waals surface area contributed by atoms with E-state index in [4.69, 9.17) is 0 Å². The van der Waals surface area contributed by atoms with Crippen molar-refractivity contribution in [2.45, 2.75) is 12.8 Å². The molecule has 11 heavy (non-hydrogen) atoms. The molecular weight excluding hydrogens is 155 g/mol. The van der Waals surface area contributed by atoms with Crippen molar-refractivity contribution in [3.05, 3.63) is 29.3 Å². The molecule has 0 radical (unpaired) electrons. The van der Waals surface area contributed by atoms with Crippen molar-refractivity contribution in [2.75, 3.05) is 0 Å². The first-order chi connectivity index (χ1) is 5.29. The Labute approximate surface area is 68.0 Å². The lowest BCUT2D eigenvalue weighted by atomic mass is 10.1. The first-order valence-electron chi connectivity index (χ1n) is 3.69. The van der Waals surface area contributed by atoms with E-state index in [-0.39, 0.29) is 0 Å². The molecule has 1 unspecified atom stereocenters.